The van der Waals surface area contributed by atoms with E-state index in [9.17, 15) is 4.79 Å². The van der Waals surface area contributed by atoms with Gasteiger partial charge in [0.05, 0.1) is 12.9 Å². The predicted octanol–water partition coefficient (Wildman–Crippen LogP) is 3.38. The Labute approximate surface area is 171 Å². The Morgan fingerprint density at radius 1 is 1.21 bits per heavy atom. The molecule has 1 aromatic carbocycles. The van der Waals surface area contributed by atoms with Crippen LogP contribution in [0.15, 0.2) is 41.7 Å². The van der Waals surface area contributed by atoms with Gasteiger partial charge >= 0.3 is 0 Å². The van der Waals surface area contributed by atoms with Crippen LogP contribution in [-0.2, 0) is 11.3 Å². The largest absolute Gasteiger partial charge is 0.497 e. The summed E-state index contributed by atoms with van der Waals surface area (Å²) in [7, 11) is 1.64. The Morgan fingerprint density at radius 2 is 1.93 bits per heavy atom. The van der Waals surface area contributed by atoms with Crippen LogP contribution in [0.4, 0.5) is 5.82 Å². The van der Waals surface area contributed by atoms with Crippen molar-refractivity contribution in [2.45, 2.75) is 31.8 Å². The van der Waals surface area contributed by atoms with Gasteiger partial charge in [0.15, 0.2) is 0 Å². The fraction of sp³-hybridized carbons (Fsp3) is 0.476. The maximum Gasteiger partial charge on any atom is 0.230 e. The summed E-state index contributed by atoms with van der Waals surface area (Å²) in [4.78, 5) is 23.3. The molecule has 3 rings (SSSR count). The van der Waals surface area contributed by atoms with Gasteiger partial charge in [-0.1, -0.05) is 37.7 Å². The van der Waals surface area contributed by atoms with Crippen molar-refractivity contribution in [1.29, 1.82) is 0 Å². The standard InChI is InChI=1S/C21H28N4O2S/c1-15-8-16(2)12-25(11-15)19-9-21(24-14-23-19)28-13-20(26)22-10-17-4-6-18(27-3)7-5-17/h4-7,9,14-16H,8,10-13H2,1-3H3,(H,22,26). The zero-order valence-corrected chi connectivity index (χ0v) is 17.5. The highest BCUT2D eigenvalue weighted by atomic mass is 32.2. The van der Waals surface area contributed by atoms with Gasteiger partial charge in [0.2, 0.25) is 5.91 Å². The smallest absolute Gasteiger partial charge is 0.230 e. The molecule has 1 aliphatic heterocycles. The van der Waals surface area contributed by atoms with Crippen LogP contribution in [0.2, 0.25) is 0 Å². The summed E-state index contributed by atoms with van der Waals surface area (Å²) < 4.78 is 5.14. The number of carbonyl (C=O) groups is 1. The minimum absolute atomic E-state index is 0.0128. The molecule has 0 bridgehead atoms. The van der Waals surface area contributed by atoms with Crippen LogP contribution in [0.3, 0.4) is 0 Å². The summed E-state index contributed by atoms with van der Waals surface area (Å²) in [5, 5.41) is 3.77. The molecule has 7 heteroatoms. The number of anilines is 1. The monoisotopic (exact) mass is 400 g/mol. The van der Waals surface area contributed by atoms with Crippen LogP contribution in [0.25, 0.3) is 0 Å². The second kappa shape index (κ2) is 9.78. The number of nitrogens with zero attached hydrogens (tertiary/aromatic N) is 3. The summed E-state index contributed by atoms with van der Waals surface area (Å²) in [6.45, 7) is 7.11. The molecule has 0 spiro atoms. The lowest BCUT2D eigenvalue weighted by Crippen LogP contribution is -2.39. The van der Waals surface area contributed by atoms with Gasteiger partial charge in [-0.2, -0.15) is 0 Å². The molecule has 2 aromatic rings. The fourth-order valence-electron chi connectivity index (χ4n) is 3.57. The highest BCUT2D eigenvalue weighted by Crippen LogP contribution is 2.26. The third kappa shape index (κ3) is 5.86. The number of ether oxygens (including phenoxy) is 1. The van der Waals surface area contributed by atoms with Crippen LogP contribution >= 0.6 is 11.8 Å². The summed E-state index contributed by atoms with van der Waals surface area (Å²) in [6.07, 6.45) is 2.86. The lowest BCUT2D eigenvalue weighted by atomic mass is 9.92. The first-order chi connectivity index (χ1) is 13.5. The SMILES string of the molecule is COc1ccc(CNC(=O)CSc2cc(N3CC(C)CC(C)C3)ncn2)cc1. The maximum atomic E-state index is 12.2. The number of amides is 1. The van der Waals surface area contributed by atoms with Crippen molar-refractivity contribution in [3.63, 3.8) is 0 Å². The zero-order valence-electron chi connectivity index (χ0n) is 16.7. The van der Waals surface area contributed by atoms with E-state index in [0.717, 1.165) is 35.2 Å². The first-order valence-corrected chi connectivity index (χ1v) is 10.6. The Bertz CT molecular complexity index is 774. The van der Waals surface area contributed by atoms with Gasteiger partial charge in [-0.3, -0.25) is 4.79 Å². The second-order valence-corrected chi connectivity index (χ2v) is 8.47. The van der Waals surface area contributed by atoms with Gasteiger partial charge in [0.1, 0.15) is 22.9 Å². The topological polar surface area (TPSA) is 67.3 Å². The van der Waals surface area contributed by atoms with Gasteiger partial charge in [0.25, 0.3) is 0 Å². The van der Waals surface area contributed by atoms with Gasteiger partial charge < -0.3 is 15.0 Å². The highest BCUT2D eigenvalue weighted by Gasteiger charge is 2.23. The summed E-state index contributed by atoms with van der Waals surface area (Å²) in [6, 6.07) is 9.67. The zero-order chi connectivity index (χ0) is 19.9. The number of aromatic nitrogens is 2. The first-order valence-electron chi connectivity index (χ1n) is 9.63. The molecule has 2 heterocycles. The van der Waals surface area contributed by atoms with Crippen molar-refractivity contribution >= 4 is 23.5 Å². The Kier molecular flexibility index (Phi) is 7.14. The molecule has 6 nitrogen and oxygen atoms in total. The second-order valence-electron chi connectivity index (χ2n) is 7.48. The van der Waals surface area contributed by atoms with Gasteiger partial charge in [-0.05, 0) is 36.0 Å². The lowest BCUT2D eigenvalue weighted by molar-refractivity contribution is -0.118. The first kappa shape index (κ1) is 20.5. The number of benzene rings is 1. The Hall–Kier alpha value is -2.28. The molecule has 1 aromatic heterocycles. The van der Waals surface area contributed by atoms with Crippen LogP contribution in [0, 0.1) is 11.8 Å². The molecule has 0 aliphatic carbocycles. The van der Waals surface area contributed by atoms with E-state index in [1.54, 1.807) is 13.4 Å². The number of hydrogen-bond acceptors (Lipinski definition) is 6. The number of piperidine rings is 1. The van der Waals surface area contributed by atoms with E-state index >= 15 is 0 Å². The Morgan fingerprint density at radius 3 is 2.61 bits per heavy atom. The van der Waals surface area contributed by atoms with E-state index in [4.69, 9.17) is 4.74 Å². The molecule has 2 atom stereocenters. The molecule has 1 aliphatic rings. The van der Waals surface area contributed by atoms with Crippen molar-refractivity contribution in [2.75, 3.05) is 30.9 Å². The minimum Gasteiger partial charge on any atom is -0.497 e. The van der Waals surface area contributed by atoms with Gasteiger partial charge in [-0.25, -0.2) is 9.97 Å². The quantitative estimate of drug-likeness (QED) is 0.568. The van der Waals surface area contributed by atoms with E-state index in [0.29, 0.717) is 24.1 Å². The fourth-order valence-corrected chi connectivity index (χ4v) is 4.26. The van der Waals surface area contributed by atoms with Crippen molar-refractivity contribution in [2.24, 2.45) is 11.8 Å². The molecular weight excluding hydrogens is 372 g/mol. The molecule has 1 amide bonds. The number of rotatable bonds is 7. The number of carbonyl (C=O) groups excluding carboxylic acids is 1. The molecule has 1 N–H and O–H groups in total. The normalized spacial score (nSPS) is 19.3. The molecular formula is C21H28N4O2S. The molecule has 28 heavy (non-hydrogen) atoms. The number of hydrogen-bond donors (Lipinski definition) is 1. The van der Waals surface area contributed by atoms with Crippen molar-refractivity contribution in [3.8, 4) is 5.75 Å². The van der Waals surface area contributed by atoms with E-state index < -0.39 is 0 Å². The van der Waals surface area contributed by atoms with Crippen molar-refractivity contribution in [3.05, 3.63) is 42.2 Å². The van der Waals surface area contributed by atoms with Crippen molar-refractivity contribution < 1.29 is 9.53 Å². The van der Waals surface area contributed by atoms with E-state index in [1.165, 1.54) is 18.2 Å². The summed E-state index contributed by atoms with van der Waals surface area (Å²) >= 11 is 1.44. The average Bonchev–Trinajstić information content (AvgIpc) is 2.70. The molecule has 0 saturated carbocycles. The number of thioether (sulfide) groups is 1. The van der Waals surface area contributed by atoms with Gasteiger partial charge in [-0.15, -0.1) is 0 Å². The van der Waals surface area contributed by atoms with Crippen LogP contribution in [0.5, 0.6) is 5.75 Å². The summed E-state index contributed by atoms with van der Waals surface area (Å²) in [5.41, 5.74) is 1.04. The van der Waals surface area contributed by atoms with Crippen LogP contribution in [-0.4, -0.2) is 41.8 Å². The Balaban J connectivity index is 1.49. The number of methoxy groups -OCH3 is 1. The lowest BCUT2D eigenvalue weighted by Gasteiger charge is -2.35. The highest BCUT2D eigenvalue weighted by molar-refractivity contribution is 7.99. The molecule has 150 valence electrons. The van der Waals surface area contributed by atoms with E-state index in [-0.39, 0.29) is 5.91 Å². The summed E-state index contributed by atoms with van der Waals surface area (Å²) in [5.74, 6) is 3.41. The average molecular weight is 401 g/mol. The maximum absolute atomic E-state index is 12.2. The molecule has 0 radical (unpaired) electrons. The van der Waals surface area contributed by atoms with Crippen molar-refractivity contribution in [1.82, 2.24) is 15.3 Å². The molecule has 1 saturated heterocycles. The van der Waals surface area contributed by atoms with Gasteiger partial charge in [0, 0.05) is 25.7 Å². The molecule has 1 fully saturated rings. The van der Waals surface area contributed by atoms with E-state index in [2.05, 4.69) is 34.0 Å². The third-order valence-corrected chi connectivity index (χ3v) is 5.75. The number of nitrogens with one attached hydrogen (secondary N) is 1. The van der Waals surface area contributed by atoms with Crippen LogP contribution in [0.1, 0.15) is 25.8 Å². The van der Waals surface area contributed by atoms with Crippen LogP contribution < -0.4 is 15.0 Å². The predicted molar refractivity (Wildman–Crippen MR) is 113 cm³/mol. The van der Waals surface area contributed by atoms with E-state index in [1.807, 2.05) is 30.3 Å². The molecule has 2 unspecified atom stereocenters. The minimum atomic E-state index is -0.0128. The third-order valence-electron chi connectivity index (χ3n) is 4.82.